The van der Waals surface area contributed by atoms with Crippen molar-refractivity contribution in [2.24, 2.45) is 0 Å². The van der Waals surface area contributed by atoms with Gasteiger partial charge in [0.15, 0.2) is 0 Å². The quantitative estimate of drug-likeness (QED) is 0.507. The number of carbonyl (C=O) groups is 1. The Morgan fingerprint density at radius 1 is 1.06 bits per heavy atom. The molecule has 1 saturated heterocycles. The molecule has 1 aliphatic heterocycles. The number of non-ortho nitro benzene ring substituents is 1. The summed E-state index contributed by atoms with van der Waals surface area (Å²) in [4.78, 5) is 23.0. The monoisotopic (exact) mass is 449 g/mol. The Bertz CT molecular complexity index is 1040. The third-order valence-corrected chi connectivity index (χ3v) is 7.04. The standard InChI is InChI=1S/C20H23N3O7S/c1-29-17-4-3-5-18(30-2)19(17)20(24)21-14-10-12-22(13-11-14)31(27,28)16-8-6-15(7-9-16)23(25)26/h3-9,14H,10-13H2,1-2H3,(H,21,24). The van der Waals surface area contributed by atoms with Gasteiger partial charge >= 0.3 is 0 Å². The van der Waals surface area contributed by atoms with Crippen LogP contribution in [0, 0.1) is 10.1 Å². The number of rotatable bonds is 7. The van der Waals surface area contributed by atoms with Gasteiger partial charge in [-0.05, 0) is 37.1 Å². The number of nitrogens with one attached hydrogen (secondary N) is 1. The molecule has 3 rings (SSSR count). The fourth-order valence-corrected chi connectivity index (χ4v) is 4.93. The van der Waals surface area contributed by atoms with Crippen molar-refractivity contribution in [3.63, 3.8) is 0 Å². The second kappa shape index (κ2) is 9.31. The van der Waals surface area contributed by atoms with Gasteiger partial charge in [-0.3, -0.25) is 14.9 Å². The Kier molecular flexibility index (Phi) is 6.76. The summed E-state index contributed by atoms with van der Waals surface area (Å²) in [6.45, 7) is 0.431. The summed E-state index contributed by atoms with van der Waals surface area (Å²) in [5, 5.41) is 13.7. The number of ether oxygens (including phenoxy) is 2. The van der Waals surface area contributed by atoms with Crippen LogP contribution >= 0.6 is 0 Å². The number of hydrogen-bond donors (Lipinski definition) is 1. The predicted octanol–water partition coefficient (Wildman–Crippen LogP) is 2.20. The van der Waals surface area contributed by atoms with E-state index in [-0.39, 0.29) is 41.2 Å². The van der Waals surface area contributed by atoms with Crippen LogP contribution in [-0.2, 0) is 10.0 Å². The second-order valence-corrected chi connectivity index (χ2v) is 8.88. The SMILES string of the molecule is COc1cccc(OC)c1C(=O)NC1CCN(S(=O)(=O)c2ccc([N+](=O)[O-])cc2)CC1. The maximum Gasteiger partial charge on any atom is 0.269 e. The molecule has 0 aromatic heterocycles. The maximum absolute atomic E-state index is 12.8. The molecule has 11 heteroatoms. The van der Waals surface area contributed by atoms with Gasteiger partial charge in [-0.2, -0.15) is 4.31 Å². The number of hydrogen-bond acceptors (Lipinski definition) is 7. The van der Waals surface area contributed by atoms with Gasteiger partial charge in [0.05, 0.1) is 24.0 Å². The molecule has 0 spiro atoms. The van der Waals surface area contributed by atoms with Crippen LogP contribution in [-0.4, -0.2) is 56.9 Å². The van der Waals surface area contributed by atoms with Gasteiger partial charge < -0.3 is 14.8 Å². The van der Waals surface area contributed by atoms with Gasteiger partial charge in [-0.1, -0.05) is 6.07 Å². The normalized spacial score (nSPS) is 15.3. The molecule has 0 saturated carbocycles. The van der Waals surface area contributed by atoms with E-state index in [1.54, 1.807) is 18.2 Å². The molecule has 1 aliphatic rings. The minimum atomic E-state index is -3.77. The Hall–Kier alpha value is -3.18. The van der Waals surface area contributed by atoms with Crippen LogP contribution in [0.5, 0.6) is 11.5 Å². The molecular weight excluding hydrogens is 426 g/mol. The van der Waals surface area contributed by atoms with Crippen molar-refractivity contribution in [3.05, 3.63) is 58.1 Å². The summed E-state index contributed by atoms with van der Waals surface area (Å²) in [5.41, 5.74) is 0.112. The van der Waals surface area contributed by atoms with Crippen LogP contribution in [0.3, 0.4) is 0 Å². The van der Waals surface area contributed by atoms with Crippen molar-refractivity contribution < 1.29 is 27.6 Å². The van der Waals surface area contributed by atoms with Crippen LogP contribution < -0.4 is 14.8 Å². The first kappa shape index (κ1) is 22.5. The van der Waals surface area contributed by atoms with Gasteiger partial charge in [0, 0.05) is 31.3 Å². The van der Waals surface area contributed by atoms with Crippen molar-refractivity contribution in [2.75, 3.05) is 27.3 Å². The molecule has 0 radical (unpaired) electrons. The third kappa shape index (κ3) is 4.78. The van der Waals surface area contributed by atoms with E-state index in [2.05, 4.69) is 5.32 Å². The van der Waals surface area contributed by atoms with E-state index in [1.165, 1.54) is 42.8 Å². The highest BCUT2D eigenvalue weighted by Crippen LogP contribution is 2.29. The summed E-state index contributed by atoms with van der Waals surface area (Å²) in [6, 6.07) is 9.63. The average molecular weight is 449 g/mol. The minimum Gasteiger partial charge on any atom is -0.496 e. The smallest absolute Gasteiger partial charge is 0.269 e. The lowest BCUT2D eigenvalue weighted by atomic mass is 10.1. The minimum absolute atomic E-state index is 0.000608. The van der Waals surface area contributed by atoms with Gasteiger partial charge in [0.1, 0.15) is 17.1 Å². The summed E-state index contributed by atoms with van der Waals surface area (Å²) in [7, 11) is -0.841. The van der Waals surface area contributed by atoms with Gasteiger partial charge in [0.2, 0.25) is 10.0 Å². The molecule has 2 aromatic rings. The fraction of sp³-hybridized carbons (Fsp3) is 0.350. The van der Waals surface area contributed by atoms with Crippen molar-refractivity contribution in [1.29, 1.82) is 0 Å². The van der Waals surface area contributed by atoms with E-state index in [1.807, 2.05) is 0 Å². The van der Waals surface area contributed by atoms with Crippen LogP contribution in [0.1, 0.15) is 23.2 Å². The molecule has 1 fully saturated rings. The Morgan fingerprint density at radius 3 is 2.10 bits per heavy atom. The van der Waals surface area contributed by atoms with E-state index < -0.39 is 14.9 Å². The molecule has 0 aliphatic carbocycles. The van der Waals surface area contributed by atoms with Crippen LogP contribution in [0.4, 0.5) is 5.69 Å². The molecule has 166 valence electrons. The first-order chi connectivity index (χ1) is 14.8. The lowest BCUT2D eigenvalue weighted by molar-refractivity contribution is -0.384. The number of nitro benzene ring substituents is 1. The predicted molar refractivity (Wildman–Crippen MR) is 112 cm³/mol. The molecule has 0 atom stereocenters. The number of nitro groups is 1. The molecule has 0 unspecified atom stereocenters. The van der Waals surface area contributed by atoms with Gasteiger partial charge in [0.25, 0.3) is 11.6 Å². The summed E-state index contributed by atoms with van der Waals surface area (Å²) >= 11 is 0. The van der Waals surface area contributed by atoms with E-state index in [0.29, 0.717) is 24.3 Å². The van der Waals surface area contributed by atoms with Crippen LogP contribution in [0.15, 0.2) is 47.4 Å². The molecule has 31 heavy (non-hydrogen) atoms. The zero-order chi connectivity index (χ0) is 22.6. The largest absolute Gasteiger partial charge is 0.496 e. The summed E-state index contributed by atoms with van der Waals surface area (Å²) < 4.78 is 37.5. The number of piperidine rings is 1. The lowest BCUT2D eigenvalue weighted by Crippen LogP contribution is -2.46. The summed E-state index contributed by atoms with van der Waals surface area (Å²) in [5.74, 6) is 0.413. The second-order valence-electron chi connectivity index (χ2n) is 6.94. The van der Waals surface area contributed by atoms with Gasteiger partial charge in [-0.25, -0.2) is 8.42 Å². The number of methoxy groups -OCH3 is 2. The molecule has 1 N–H and O–H groups in total. The topological polar surface area (TPSA) is 128 Å². The van der Waals surface area contributed by atoms with E-state index in [9.17, 15) is 23.3 Å². The van der Waals surface area contributed by atoms with Crippen molar-refractivity contribution in [1.82, 2.24) is 9.62 Å². The third-order valence-electron chi connectivity index (χ3n) is 5.13. The lowest BCUT2D eigenvalue weighted by Gasteiger charge is -2.31. The highest BCUT2D eigenvalue weighted by atomic mass is 32.2. The average Bonchev–Trinajstić information content (AvgIpc) is 2.78. The zero-order valence-electron chi connectivity index (χ0n) is 17.1. The summed E-state index contributed by atoms with van der Waals surface area (Å²) in [6.07, 6.45) is 0.852. The maximum atomic E-state index is 12.8. The fourth-order valence-electron chi connectivity index (χ4n) is 3.46. The molecule has 1 amide bonds. The molecular formula is C20H23N3O7S. The van der Waals surface area contributed by atoms with Crippen LogP contribution in [0.25, 0.3) is 0 Å². The van der Waals surface area contributed by atoms with Crippen molar-refractivity contribution in [3.8, 4) is 11.5 Å². The van der Waals surface area contributed by atoms with E-state index >= 15 is 0 Å². The Balaban J connectivity index is 1.66. The first-order valence-corrected chi connectivity index (χ1v) is 11.0. The number of sulfonamides is 1. The van der Waals surface area contributed by atoms with Crippen molar-refractivity contribution >= 4 is 21.6 Å². The van der Waals surface area contributed by atoms with Gasteiger partial charge in [-0.15, -0.1) is 0 Å². The van der Waals surface area contributed by atoms with E-state index in [0.717, 1.165) is 0 Å². The number of carbonyl (C=O) groups excluding carboxylic acids is 1. The highest BCUT2D eigenvalue weighted by Gasteiger charge is 2.31. The Morgan fingerprint density at radius 2 is 1.61 bits per heavy atom. The molecule has 0 bridgehead atoms. The molecule has 1 heterocycles. The van der Waals surface area contributed by atoms with Crippen molar-refractivity contribution in [2.45, 2.75) is 23.8 Å². The highest BCUT2D eigenvalue weighted by molar-refractivity contribution is 7.89. The number of benzene rings is 2. The van der Waals surface area contributed by atoms with E-state index in [4.69, 9.17) is 9.47 Å². The van der Waals surface area contributed by atoms with Crippen LogP contribution in [0.2, 0.25) is 0 Å². The Labute approximate surface area is 180 Å². The number of nitrogens with zero attached hydrogens (tertiary/aromatic N) is 2. The first-order valence-electron chi connectivity index (χ1n) is 9.54. The zero-order valence-corrected chi connectivity index (χ0v) is 17.9. The molecule has 10 nitrogen and oxygen atoms in total. The number of amides is 1. The molecule has 2 aromatic carbocycles.